The summed E-state index contributed by atoms with van der Waals surface area (Å²) < 4.78 is 13.4. The molecule has 0 saturated carbocycles. The van der Waals surface area contributed by atoms with E-state index in [0.29, 0.717) is 0 Å². The molecule has 5 nitrogen and oxygen atoms in total. The second-order valence-electron chi connectivity index (χ2n) is 3.13. The molecule has 1 aromatic heterocycles. The number of nitrogens with two attached hydrogens (primary N) is 1. The van der Waals surface area contributed by atoms with Crippen molar-refractivity contribution in [3.8, 4) is 0 Å². The smallest absolute Gasteiger partial charge is 0.260 e. The standard InChI is InChI=1S/C10H9FN4O/c11-8-5-6(12)1-2-7(8)9(16)15-10-13-3-4-14-10/h1-5H,12H2,(H2,13,14,15,16). The molecule has 82 valence electrons. The van der Waals surface area contributed by atoms with Gasteiger partial charge in [-0.25, -0.2) is 9.37 Å². The summed E-state index contributed by atoms with van der Waals surface area (Å²) >= 11 is 0. The molecule has 0 saturated heterocycles. The molecule has 0 unspecified atom stereocenters. The lowest BCUT2D eigenvalue weighted by Gasteiger charge is -2.03. The van der Waals surface area contributed by atoms with Gasteiger partial charge in [0.15, 0.2) is 0 Å². The topological polar surface area (TPSA) is 83.8 Å². The van der Waals surface area contributed by atoms with Gasteiger partial charge in [-0.05, 0) is 18.2 Å². The number of aromatic nitrogens is 2. The van der Waals surface area contributed by atoms with Crippen molar-refractivity contribution >= 4 is 17.5 Å². The zero-order valence-corrected chi connectivity index (χ0v) is 8.20. The van der Waals surface area contributed by atoms with Crippen LogP contribution in [0, 0.1) is 5.82 Å². The van der Waals surface area contributed by atoms with Gasteiger partial charge in [-0.15, -0.1) is 0 Å². The maximum Gasteiger partial charge on any atom is 0.260 e. The Morgan fingerprint density at radius 2 is 2.31 bits per heavy atom. The number of H-pyrrole nitrogens is 1. The maximum absolute atomic E-state index is 13.4. The molecule has 6 heteroatoms. The van der Waals surface area contributed by atoms with Crippen LogP contribution in [0.1, 0.15) is 10.4 Å². The summed E-state index contributed by atoms with van der Waals surface area (Å²) in [5, 5.41) is 2.41. The Balaban J connectivity index is 2.21. The summed E-state index contributed by atoms with van der Waals surface area (Å²) in [6.45, 7) is 0. The van der Waals surface area contributed by atoms with Crippen molar-refractivity contribution in [2.45, 2.75) is 0 Å². The lowest BCUT2D eigenvalue weighted by molar-refractivity contribution is 0.102. The van der Waals surface area contributed by atoms with E-state index in [4.69, 9.17) is 5.73 Å². The molecule has 0 atom stereocenters. The van der Waals surface area contributed by atoms with Crippen molar-refractivity contribution in [1.29, 1.82) is 0 Å². The molecule has 16 heavy (non-hydrogen) atoms. The van der Waals surface area contributed by atoms with Crippen LogP contribution in [0.2, 0.25) is 0 Å². The van der Waals surface area contributed by atoms with Crippen LogP contribution in [0.25, 0.3) is 0 Å². The molecule has 4 N–H and O–H groups in total. The van der Waals surface area contributed by atoms with E-state index in [2.05, 4.69) is 15.3 Å². The van der Waals surface area contributed by atoms with E-state index in [1.165, 1.54) is 18.3 Å². The average Bonchev–Trinajstić information content (AvgIpc) is 2.70. The second kappa shape index (κ2) is 4.01. The number of carbonyl (C=O) groups excluding carboxylic acids is 1. The quantitative estimate of drug-likeness (QED) is 0.668. The lowest BCUT2D eigenvalue weighted by Crippen LogP contribution is -2.14. The predicted molar refractivity (Wildman–Crippen MR) is 57.4 cm³/mol. The highest BCUT2D eigenvalue weighted by molar-refractivity contribution is 6.03. The third kappa shape index (κ3) is 2.00. The van der Waals surface area contributed by atoms with E-state index in [1.807, 2.05) is 0 Å². The molecular formula is C10H9FN4O. The molecule has 0 radical (unpaired) electrons. The summed E-state index contributed by atoms with van der Waals surface area (Å²) in [6, 6.07) is 3.88. The van der Waals surface area contributed by atoms with Crippen molar-refractivity contribution in [3.05, 3.63) is 42.0 Å². The SMILES string of the molecule is Nc1ccc(C(=O)Nc2ncc[nH]2)c(F)c1. The van der Waals surface area contributed by atoms with Crippen LogP contribution < -0.4 is 11.1 Å². The van der Waals surface area contributed by atoms with Gasteiger partial charge >= 0.3 is 0 Å². The average molecular weight is 220 g/mol. The minimum Gasteiger partial charge on any atom is -0.399 e. The van der Waals surface area contributed by atoms with E-state index in [0.717, 1.165) is 6.07 Å². The number of anilines is 2. The first-order chi connectivity index (χ1) is 7.66. The number of nitrogens with one attached hydrogen (secondary N) is 2. The first kappa shape index (κ1) is 10.2. The van der Waals surface area contributed by atoms with Crippen LogP contribution in [0.5, 0.6) is 0 Å². The highest BCUT2D eigenvalue weighted by Crippen LogP contribution is 2.12. The fourth-order valence-corrected chi connectivity index (χ4v) is 1.22. The number of benzene rings is 1. The monoisotopic (exact) mass is 220 g/mol. The Kier molecular flexibility index (Phi) is 2.55. The third-order valence-corrected chi connectivity index (χ3v) is 1.97. The van der Waals surface area contributed by atoms with Gasteiger partial charge in [0.1, 0.15) is 5.82 Å². The number of imidazole rings is 1. The molecular weight excluding hydrogens is 211 g/mol. The Morgan fingerprint density at radius 1 is 1.50 bits per heavy atom. The van der Waals surface area contributed by atoms with E-state index in [9.17, 15) is 9.18 Å². The van der Waals surface area contributed by atoms with Crippen molar-refractivity contribution in [1.82, 2.24) is 9.97 Å². The number of hydrogen-bond donors (Lipinski definition) is 3. The molecule has 2 aromatic rings. The fraction of sp³-hybridized carbons (Fsp3) is 0. The molecule has 0 aliphatic carbocycles. The summed E-state index contributed by atoms with van der Waals surface area (Å²) in [7, 11) is 0. The molecule has 1 aromatic carbocycles. The number of nitrogen functional groups attached to an aromatic ring is 1. The number of carbonyl (C=O) groups is 1. The normalized spacial score (nSPS) is 10.1. The first-order valence-electron chi connectivity index (χ1n) is 4.52. The van der Waals surface area contributed by atoms with Gasteiger partial charge in [0.05, 0.1) is 5.56 Å². The summed E-state index contributed by atoms with van der Waals surface area (Å²) in [4.78, 5) is 18.1. The Labute approximate surface area is 90.5 Å². The molecule has 0 fully saturated rings. The number of amides is 1. The van der Waals surface area contributed by atoms with Crippen LogP contribution in [0.3, 0.4) is 0 Å². The largest absolute Gasteiger partial charge is 0.399 e. The van der Waals surface area contributed by atoms with Gasteiger partial charge in [0.25, 0.3) is 5.91 Å². The Bertz CT molecular complexity index is 510. The summed E-state index contributed by atoms with van der Waals surface area (Å²) in [6.07, 6.45) is 3.03. The molecule has 2 rings (SSSR count). The molecule has 0 aliphatic heterocycles. The van der Waals surface area contributed by atoms with Gasteiger partial charge in [0, 0.05) is 18.1 Å². The van der Waals surface area contributed by atoms with Crippen LogP contribution in [-0.2, 0) is 0 Å². The van der Waals surface area contributed by atoms with Crippen LogP contribution in [-0.4, -0.2) is 15.9 Å². The van der Waals surface area contributed by atoms with Crippen molar-refractivity contribution < 1.29 is 9.18 Å². The summed E-state index contributed by atoms with van der Waals surface area (Å²) in [5.74, 6) is -0.974. The van der Waals surface area contributed by atoms with Crippen LogP contribution in [0.4, 0.5) is 16.0 Å². The van der Waals surface area contributed by atoms with Gasteiger partial charge in [-0.2, -0.15) is 0 Å². The van der Waals surface area contributed by atoms with Crippen LogP contribution in [0.15, 0.2) is 30.6 Å². The van der Waals surface area contributed by atoms with Crippen molar-refractivity contribution in [2.24, 2.45) is 0 Å². The van der Waals surface area contributed by atoms with Crippen molar-refractivity contribution in [3.63, 3.8) is 0 Å². The zero-order valence-electron chi connectivity index (χ0n) is 8.20. The van der Waals surface area contributed by atoms with Gasteiger partial charge in [0.2, 0.25) is 5.95 Å². The molecule has 1 amide bonds. The van der Waals surface area contributed by atoms with E-state index >= 15 is 0 Å². The van der Waals surface area contributed by atoms with Gasteiger partial charge in [-0.3, -0.25) is 10.1 Å². The highest BCUT2D eigenvalue weighted by Gasteiger charge is 2.12. The van der Waals surface area contributed by atoms with Crippen molar-refractivity contribution in [2.75, 3.05) is 11.1 Å². The van der Waals surface area contributed by atoms with E-state index in [1.54, 1.807) is 6.20 Å². The Morgan fingerprint density at radius 3 is 2.94 bits per heavy atom. The first-order valence-corrected chi connectivity index (χ1v) is 4.52. The number of aromatic amines is 1. The third-order valence-electron chi connectivity index (χ3n) is 1.97. The minimum absolute atomic E-state index is 0.0781. The van der Waals surface area contributed by atoms with Crippen LogP contribution >= 0.6 is 0 Å². The molecule has 0 aliphatic rings. The summed E-state index contributed by atoms with van der Waals surface area (Å²) in [5.41, 5.74) is 5.57. The van der Waals surface area contributed by atoms with Gasteiger partial charge < -0.3 is 10.7 Å². The number of halogens is 1. The van der Waals surface area contributed by atoms with E-state index in [-0.39, 0.29) is 17.2 Å². The van der Waals surface area contributed by atoms with Gasteiger partial charge in [-0.1, -0.05) is 0 Å². The van der Waals surface area contributed by atoms with E-state index < -0.39 is 11.7 Å². The predicted octanol–water partition coefficient (Wildman–Crippen LogP) is 1.38. The minimum atomic E-state index is -0.663. The zero-order chi connectivity index (χ0) is 11.5. The fourth-order valence-electron chi connectivity index (χ4n) is 1.22. The number of rotatable bonds is 2. The Hall–Kier alpha value is -2.37. The second-order valence-corrected chi connectivity index (χ2v) is 3.13. The lowest BCUT2D eigenvalue weighted by atomic mass is 10.2. The molecule has 0 bridgehead atoms. The molecule has 0 spiro atoms. The highest BCUT2D eigenvalue weighted by atomic mass is 19.1. The number of hydrogen-bond acceptors (Lipinski definition) is 3. The molecule has 1 heterocycles. The number of nitrogens with zero attached hydrogens (tertiary/aromatic N) is 1. The maximum atomic E-state index is 13.4.